The average molecular weight is 244 g/mol. The number of nitrogens with one attached hydrogen (secondary N) is 1. The van der Waals surface area contributed by atoms with Crippen molar-refractivity contribution < 1.29 is 22.9 Å². The van der Waals surface area contributed by atoms with Gasteiger partial charge in [0.15, 0.2) is 6.04 Å². The number of carbonyl (C=O) groups is 1. The van der Waals surface area contributed by atoms with Crippen LogP contribution in [-0.2, 0) is 15.1 Å². The number of thiol groups is 1. The highest BCUT2D eigenvalue weighted by Crippen LogP contribution is 1.95. The third-order valence-electron chi connectivity index (χ3n) is 1.08. The average Bonchev–Trinajstić information content (AvgIpc) is 1.96. The second-order valence-electron chi connectivity index (χ2n) is 2.33. The van der Waals surface area contributed by atoms with Crippen molar-refractivity contribution >= 4 is 34.7 Å². The lowest BCUT2D eigenvalue weighted by molar-refractivity contribution is -0.137. The van der Waals surface area contributed by atoms with Gasteiger partial charge in [0.2, 0.25) is 0 Å². The fourth-order valence-electron chi connectivity index (χ4n) is 0.621. The zero-order chi connectivity index (χ0) is 11.4. The number of aliphatic imine (C=N–C) groups is 1. The summed E-state index contributed by atoms with van der Waals surface area (Å²) in [5.41, 5.74) is 0. The fourth-order valence-corrected chi connectivity index (χ4v) is 1.28. The molecule has 0 bridgehead atoms. The van der Waals surface area contributed by atoms with Crippen molar-refractivity contribution in [1.29, 1.82) is 0 Å². The van der Waals surface area contributed by atoms with Crippen LogP contribution in [-0.4, -0.2) is 41.7 Å². The molecule has 0 saturated carbocycles. The lowest BCUT2D eigenvalue weighted by atomic mass is 10.4. The Balaban J connectivity index is 4.57. The summed E-state index contributed by atoms with van der Waals surface area (Å²) >= 11 is 3.71. The standard InChI is InChI=1S/C5H10N2O5S2/c1-3(7-14(10,11)12)6-4(2-13)5(8)9/h4,13H,2H2,1H3,(H,6,7)(H,8,9)(H,10,11,12)/i3+2. The highest BCUT2D eigenvalue weighted by Gasteiger charge is 2.15. The monoisotopic (exact) mass is 244 g/mol. The number of carboxylic acid groups (broad SMARTS) is 1. The van der Waals surface area contributed by atoms with Crippen LogP contribution >= 0.6 is 12.6 Å². The maximum atomic E-state index is 10.4. The molecule has 1 unspecified atom stereocenters. The quantitative estimate of drug-likeness (QED) is 0.223. The van der Waals surface area contributed by atoms with Crippen molar-refractivity contribution in [2.75, 3.05) is 5.75 Å². The Hall–Kier alpha value is -0.800. The molecule has 0 fully saturated rings. The van der Waals surface area contributed by atoms with Gasteiger partial charge in [-0.2, -0.15) is 21.0 Å². The molecule has 0 heterocycles. The molecule has 0 aromatic heterocycles. The van der Waals surface area contributed by atoms with E-state index >= 15 is 0 Å². The topological polar surface area (TPSA) is 116 Å². The van der Waals surface area contributed by atoms with E-state index in [0.29, 0.717) is 0 Å². The summed E-state index contributed by atoms with van der Waals surface area (Å²) < 4.78 is 30.5. The van der Waals surface area contributed by atoms with Gasteiger partial charge in [-0.25, -0.2) is 9.52 Å². The molecule has 0 radical (unpaired) electrons. The van der Waals surface area contributed by atoms with E-state index in [4.69, 9.17) is 9.66 Å². The number of aliphatic carboxylic acids is 1. The number of carboxylic acids is 1. The molecule has 0 rings (SSSR count). The zero-order valence-electron chi connectivity index (χ0n) is 7.21. The highest BCUT2D eigenvalue weighted by atomic mass is 32.2. The van der Waals surface area contributed by atoms with Gasteiger partial charge < -0.3 is 5.11 Å². The summed E-state index contributed by atoms with van der Waals surface area (Å²) in [7, 11) is -4.40. The first-order valence-corrected chi connectivity index (χ1v) is 5.47. The molecular formula is C5H10N2O5S2. The van der Waals surface area contributed by atoms with Crippen LogP contribution in [0.25, 0.3) is 0 Å². The van der Waals surface area contributed by atoms with Crippen molar-refractivity contribution in [2.24, 2.45) is 4.99 Å². The number of nitrogens with zero attached hydrogens (tertiary/aromatic N) is 1. The second kappa shape index (κ2) is 5.17. The maximum Gasteiger partial charge on any atom is 0.358 e. The first-order valence-electron chi connectivity index (χ1n) is 3.39. The number of hydrogen-bond acceptors (Lipinski definition) is 5. The van der Waals surface area contributed by atoms with Gasteiger partial charge in [0.1, 0.15) is 5.84 Å². The molecule has 0 aliphatic rings. The molecule has 0 aromatic carbocycles. The minimum Gasteiger partial charge on any atom is -0.480 e. The normalized spacial score (nSPS) is 14.9. The van der Waals surface area contributed by atoms with Crippen molar-refractivity contribution in [3.8, 4) is 0 Å². The maximum absolute atomic E-state index is 10.4. The molecule has 3 N–H and O–H groups in total. The molecule has 14 heavy (non-hydrogen) atoms. The van der Waals surface area contributed by atoms with Gasteiger partial charge >= 0.3 is 16.3 Å². The zero-order valence-corrected chi connectivity index (χ0v) is 8.92. The van der Waals surface area contributed by atoms with E-state index in [1.165, 1.54) is 6.92 Å². The number of rotatable bonds is 4. The third kappa shape index (κ3) is 5.78. The van der Waals surface area contributed by atoms with Gasteiger partial charge in [-0.1, -0.05) is 0 Å². The Morgan fingerprint density at radius 2 is 2.21 bits per heavy atom. The van der Waals surface area contributed by atoms with Crippen LogP contribution in [0.1, 0.15) is 6.92 Å². The molecule has 0 saturated heterocycles. The summed E-state index contributed by atoms with van der Waals surface area (Å²) in [6.45, 7) is 1.22. The van der Waals surface area contributed by atoms with Crippen molar-refractivity contribution in [2.45, 2.75) is 13.0 Å². The van der Waals surface area contributed by atoms with Crippen LogP contribution in [0.2, 0.25) is 0 Å². The van der Waals surface area contributed by atoms with Crippen LogP contribution < -0.4 is 4.72 Å². The fraction of sp³-hybridized carbons (Fsp3) is 0.600. The van der Waals surface area contributed by atoms with E-state index in [1.54, 1.807) is 4.72 Å². The van der Waals surface area contributed by atoms with E-state index in [2.05, 4.69) is 17.6 Å². The van der Waals surface area contributed by atoms with Gasteiger partial charge in [0, 0.05) is 5.75 Å². The molecule has 7 nitrogen and oxygen atoms in total. The van der Waals surface area contributed by atoms with Gasteiger partial charge in [0.05, 0.1) is 0 Å². The smallest absolute Gasteiger partial charge is 0.358 e. The van der Waals surface area contributed by atoms with Gasteiger partial charge in [-0.05, 0) is 6.92 Å². The van der Waals surface area contributed by atoms with Gasteiger partial charge in [-0.3, -0.25) is 9.55 Å². The molecule has 0 aliphatic heterocycles. The second-order valence-corrected chi connectivity index (χ2v) is 3.85. The van der Waals surface area contributed by atoms with Gasteiger partial charge in [0.25, 0.3) is 0 Å². The van der Waals surface area contributed by atoms with Crippen molar-refractivity contribution in [1.82, 2.24) is 4.72 Å². The number of amidine groups is 1. The van der Waals surface area contributed by atoms with Crippen LogP contribution in [0.3, 0.4) is 0 Å². The highest BCUT2D eigenvalue weighted by molar-refractivity contribution is 7.84. The first kappa shape index (κ1) is 13.2. The summed E-state index contributed by atoms with van der Waals surface area (Å²) in [4.78, 5) is 13.9. The first-order chi connectivity index (χ1) is 6.26. The molecule has 0 aromatic rings. The lowest BCUT2D eigenvalue weighted by Gasteiger charge is -2.06. The predicted octanol–water partition coefficient (Wildman–Crippen LogP) is -0.820. The molecule has 0 amide bonds. The molecule has 1 atom stereocenters. The Bertz CT molecular complexity index is 336. The molecule has 0 aliphatic carbocycles. The predicted molar refractivity (Wildman–Crippen MR) is 53.1 cm³/mol. The molecule has 0 spiro atoms. The summed E-state index contributed by atoms with van der Waals surface area (Å²) in [6, 6.07) is -1.15. The Kier molecular flexibility index (Phi) is 4.88. The molecule has 9 heteroatoms. The minimum absolute atomic E-state index is 0.0696. The molecular weight excluding hydrogens is 234 g/mol. The van der Waals surface area contributed by atoms with E-state index in [9.17, 15) is 13.2 Å². The summed E-state index contributed by atoms with van der Waals surface area (Å²) in [6.07, 6.45) is 0. The van der Waals surface area contributed by atoms with E-state index < -0.39 is 22.3 Å². The Morgan fingerprint density at radius 1 is 1.71 bits per heavy atom. The van der Waals surface area contributed by atoms with Crippen molar-refractivity contribution in [3.05, 3.63) is 0 Å². The Morgan fingerprint density at radius 3 is 2.50 bits per heavy atom. The lowest BCUT2D eigenvalue weighted by Crippen LogP contribution is -2.31. The van der Waals surface area contributed by atoms with Crippen LogP contribution in [0.5, 0.6) is 0 Å². The Labute approximate surface area is 86.5 Å². The van der Waals surface area contributed by atoms with Crippen LogP contribution in [0.15, 0.2) is 4.99 Å². The van der Waals surface area contributed by atoms with Gasteiger partial charge in [-0.15, -0.1) is 0 Å². The summed E-state index contributed by atoms with van der Waals surface area (Å²) in [5, 5.41) is 8.52. The largest absolute Gasteiger partial charge is 0.480 e. The third-order valence-corrected chi connectivity index (χ3v) is 1.98. The molecule has 82 valence electrons. The summed E-state index contributed by atoms with van der Waals surface area (Å²) in [5.74, 6) is -1.51. The SMILES string of the molecule is C[14C](=NC(CS)C(=O)O)NS(=O)(=O)O. The minimum atomic E-state index is -4.40. The van der Waals surface area contributed by atoms with Crippen LogP contribution in [0.4, 0.5) is 0 Å². The number of hydrogen-bond donors (Lipinski definition) is 4. The van der Waals surface area contributed by atoms with E-state index in [1.807, 2.05) is 0 Å². The van der Waals surface area contributed by atoms with Crippen molar-refractivity contribution in [3.63, 3.8) is 0 Å². The van der Waals surface area contributed by atoms with E-state index in [-0.39, 0.29) is 11.6 Å². The van der Waals surface area contributed by atoms with E-state index in [0.717, 1.165) is 0 Å². The van der Waals surface area contributed by atoms with Crippen LogP contribution in [0, 0.1) is 0 Å².